The standard InChI is InChI=1S/C36H58O8/c1-21(10-13-27(37)32(4,5)42)22-14-16-36(9)24-11-12-26-31(2,3)30(41)25(44-29(40)20-33(6,43)19-28(38)39)18-34(26,7)23(24)15-17-35(22,36)8/h21-22,25-27,37,42-43H,10-20H2,1-9H3,(H,38,39)/t21-,22-,25?,26+,27?,33?,34-,35-,36+/m1/s1. The molecule has 9 atom stereocenters. The van der Waals surface area contributed by atoms with Gasteiger partial charge in [0.2, 0.25) is 0 Å². The third-order valence-corrected chi connectivity index (χ3v) is 13.2. The van der Waals surface area contributed by atoms with Crippen LogP contribution in [0.5, 0.6) is 0 Å². The van der Waals surface area contributed by atoms with Crippen molar-refractivity contribution in [1.82, 2.24) is 0 Å². The van der Waals surface area contributed by atoms with Crippen LogP contribution in [0.2, 0.25) is 0 Å². The van der Waals surface area contributed by atoms with Crippen LogP contribution in [-0.4, -0.2) is 61.6 Å². The molecule has 44 heavy (non-hydrogen) atoms. The minimum absolute atomic E-state index is 0.0235. The molecular weight excluding hydrogens is 560 g/mol. The van der Waals surface area contributed by atoms with Gasteiger partial charge in [0.05, 0.1) is 30.1 Å². The number of ketones is 1. The summed E-state index contributed by atoms with van der Waals surface area (Å²) in [4.78, 5) is 37.9. The van der Waals surface area contributed by atoms with Crippen molar-refractivity contribution in [3.8, 4) is 0 Å². The third-order valence-electron chi connectivity index (χ3n) is 13.2. The Balaban J connectivity index is 1.60. The van der Waals surface area contributed by atoms with E-state index in [0.717, 1.165) is 44.9 Å². The monoisotopic (exact) mass is 618 g/mol. The van der Waals surface area contributed by atoms with Gasteiger partial charge in [0.15, 0.2) is 11.9 Å². The van der Waals surface area contributed by atoms with E-state index in [0.29, 0.717) is 24.7 Å². The van der Waals surface area contributed by atoms with Gasteiger partial charge < -0.3 is 25.2 Å². The number of hydrogen-bond acceptors (Lipinski definition) is 7. The van der Waals surface area contributed by atoms with Crippen LogP contribution < -0.4 is 0 Å². The van der Waals surface area contributed by atoms with Gasteiger partial charge in [-0.3, -0.25) is 14.4 Å². The lowest BCUT2D eigenvalue weighted by atomic mass is 9.43. The highest BCUT2D eigenvalue weighted by Gasteiger charge is 2.65. The average Bonchev–Trinajstić information content (AvgIpc) is 3.15. The van der Waals surface area contributed by atoms with Crippen molar-refractivity contribution < 1.29 is 39.5 Å². The first-order chi connectivity index (χ1) is 20.0. The Morgan fingerprint density at radius 2 is 1.59 bits per heavy atom. The second-order valence-corrected chi connectivity index (χ2v) is 17.1. The second-order valence-electron chi connectivity index (χ2n) is 17.1. The highest BCUT2D eigenvalue weighted by atomic mass is 16.5. The van der Waals surface area contributed by atoms with E-state index in [-0.39, 0.29) is 27.9 Å². The Kier molecular flexibility index (Phi) is 9.16. The molecule has 0 aliphatic heterocycles. The number of fused-ring (bicyclic) bond motifs is 4. The van der Waals surface area contributed by atoms with E-state index in [1.165, 1.54) is 18.1 Å². The van der Waals surface area contributed by atoms with Crippen LogP contribution in [0.15, 0.2) is 11.1 Å². The minimum atomic E-state index is -1.76. The zero-order valence-electron chi connectivity index (χ0n) is 28.6. The van der Waals surface area contributed by atoms with E-state index >= 15 is 0 Å². The Hall–Kier alpha value is -1.77. The summed E-state index contributed by atoms with van der Waals surface area (Å²) in [5.41, 5.74) is -0.765. The van der Waals surface area contributed by atoms with Gasteiger partial charge in [-0.05, 0) is 106 Å². The first-order valence-electron chi connectivity index (χ1n) is 16.8. The van der Waals surface area contributed by atoms with Crippen molar-refractivity contribution >= 4 is 17.7 Å². The molecule has 250 valence electrons. The number of hydrogen-bond donors (Lipinski definition) is 4. The molecule has 8 heteroatoms. The van der Waals surface area contributed by atoms with Crippen molar-refractivity contribution in [2.45, 2.75) is 156 Å². The lowest BCUT2D eigenvalue weighted by Gasteiger charge is -2.61. The summed E-state index contributed by atoms with van der Waals surface area (Å²) >= 11 is 0. The lowest BCUT2D eigenvalue weighted by molar-refractivity contribution is -0.174. The van der Waals surface area contributed by atoms with Gasteiger partial charge in [-0.1, -0.05) is 52.7 Å². The normalized spacial score (nSPS) is 37.7. The molecule has 0 heterocycles. The molecule has 0 amide bonds. The quantitative estimate of drug-likeness (QED) is 0.173. The number of allylic oxidation sites excluding steroid dienone is 2. The zero-order valence-corrected chi connectivity index (χ0v) is 28.6. The number of Topliss-reactive ketones (excluding diaryl/α,β-unsaturated/α-hetero) is 1. The fourth-order valence-electron chi connectivity index (χ4n) is 10.5. The maximum Gasteiger partial charge on any atom is 0.309 e. The van der Waals surface area contributed by atoms with E-state index in [4.69, 9.17) is 9.84 Å². The van der Waals surface area contributed by atoms with Crippen molar-refractivity contribution in [3.05, 3.63) is 11.1 Å². The second kappa shape index (κ2) is 11.5. The molecule has 0 aromatic rings. The van der Waals surface area contributed by atoms with Gasteiger partial charge in [-0.2, -0.15) is 0 Å². The van der Waals surface area contributed by atoms with Gasteiger partial charge >= 0.3 is 11.9 Å². The molecule has 2 fully saturated rings. The molecule has 4 aliphatic rings. The molecule has 0 radical (unpaired) electrons. The molecular formula is C36H58O8. The van der Waals surface area contributed by atoms with Gasteiger partial charge in [-0.25, -0.2) is 0 Å². The average molecular weight is 619 g/mol. The maximum atomic E-state index is 13.8. The fourth-order valence-corrected chi connectivity index (χ4v) is 10.5. The smallest absolute Gasteiger partial charge is 0.309 e. The van der Waals surface area contributed by atoms with Crippen LogP contribution in [0.25, 0.3) is 0 Å². The molecule has 0 bridgehead atoms. The number of carboxylic acid groups (broad SMARTS) is 1. The molecule has 0 saturated heterocycles. The summed E-state index contributed by atoms with van der Waals surface area (Å²) in [7, 11) is 0. The molecule has 4 aliphatic carbocycles. The lowest BCUT2D eigenvalue weighted by Crippen LogP contribution is -2.58. The van der Waals surface area contributed by atoms with Crippen molar-refractivity contribution in [2.75, 3.05) is 0 Å². The van der Waals surface area contributed by atoms with Crippen LogP contribution in [-0.2, 0) is 19.1 Å². The first kappa shape index (κ1) is 35.1. The third kappa shape index (κ3) is 5.92. The van der Waals surface area contributed by atoms with Gasteiger partial charge in [0.1, 0.15) is 0 Å². The van der Waals surface area contributed by atoms with E-state index in [1.54, 1.807) is 13.8 Å². The van der Waals surface area contributed by atoms with Crippen LogP contribution in [0.3, 0.4) is 0 Å². The summed E-state index contributed by atoms with van der Waals surface area (Å²) in [6.45, 7) is 18.1. The van der Waals surface area contributed by atoms with E-state index in [9.17, 15) is 29.7 Å². The topological polar surface area (TPSA) is 141 Å². The van der Waals surface area contributed by atoms with Gasteiger partial charge in [-0.15, -0.1) is 0 Å². The molecule has 0 spiro atoms. The van der Waals surface area contributed by atoms with E-state index in [1.807, 2.05) is 13.8 Å². The van der Waals surface area contributed by atoms with Crippen LogP contribution in [0, 0.1) is 39.4 Å². The highest BCUT2D eigenvalue weighted by Crippen LogP contribution is 2.72. The fraction of sp³-hybridized carbons (Fsp3) is 0.861. The molecule has 8 nitrogen and oxygen atoms in total. The number of aliphatic hydroxyl groups excluding tert-OH is 1. The highest BCUT2D eigenvalue weighted by molar-refractivity contribution is 5.92. The Bertz CT molecular complexity index is 1190. The van der Waals surface area contributed by atoms with Crippen molar-refractivity contribution in [2.24, 2.45) is 39.4 Å². The number of carbonyl (C=O) groups is 3. The van der Waals surface area contributed by atoms with E-state index in [2.05, 4.69) is 27.7 Å². The summed E-state index contributed by atoms with van der Waals surface area (Å²) in [5, 5.41) is 40.3. The number of aliphatic hydroxyl groups is 3. The number of aliphatic carboxylic acids is 1. The van der Waals surface area contributed by atoms with Crippen LogP contribution in [0.4, 0.5) is 0 Å². The van der Waals surface area contributed by atoms with Gasteiger partial charge in [0, 0.05) is 11.8 Å². The number of esters is 1. The molecule has 3 unspecified atom stereocenters. The predicted octanol–water partition coefficient (Wildman–Crippen LogP) is 5.99. The summed E-state index contributed by atoms with van der Waals surface area (Å²) < 4.78 is 5.80. The van der Waals surface area contributed by atoms with Crippen molar-refractivity contribution in [3.63, 3.8) is 0 Å². The Labute approximate surface area is 264 Å². The molecule has 2 saturated carbocycles. The number of carboxylic acids is 1. The van der Waals surface area contributed by atoms with E-state index < -0.39 is 53.6 Å². The maximum absolute atomic E-state index is 13.8. The first-order valence-corrected chi connectivity index (χ1v) is 16.8. The Morgan fingerprint density at radius 1 is 0.955 bits per heavy atom. The number of rotatable bonds is 10. The van der Waals surface area contributed by atoms with Crippen molar-refractivity contribution in [1.29, 1.82) is 0 Å². The van der Waals surface area contributed by atoms with Gasteiger partial charge in [0.25, 0.3) is 0 Å². The zero-order chi connectivity index (χ0) is 33.3. The summed E-state index contributed by atoms with van der Waals surface area (Å²) in [6, 6.07) is 0. The molecule has 4 rings (SSSR count). The molecule has 0 aromatic carbocycles. The molecule has 4 N–H and O–H groups in total. The number of carbonyl (C=O) groups excluding carboxylic acids is 2. The largest absolute Gasteiger partial charge is 0.481 e. The number of ether oxygens (including phenoxy) is 1. The minimum Gasteiger partial charge on any atom is -0.481 e. The Morgan fingerprint density at radius 3 is 2.18 bits per heavy atom. The predicted molar refractivity (Wildman–Crippen MR) is 168 cm³/mol. The van der Waals surface area contributed by atoms with Crippen LogP contribution >= 0.6 is 0 Å². The summed E-state index contributed by atoms with van der Waals surface area (Å²) in [6.07, 6.45) is 5.21. The SMILES string of the molecule is C[C@H](CCC(O)C(C)(C)O)[C@H]1CC[C@@]2(C)C3=C(CC[C@]12C)[C@@]1(C)CC(OC(=O)CC(C)(O)CC(=O)O)C(=O)C(C)(C)[C@@H]1CC3. The van der Waals surface area contributed by atoms with Crippen LogP contribution in [0.1, 0.15) is 133 Å². The molecule has 0 aromatic heterocycles. The summed E-state index contributed by atoms with van der Waals surface area (Å²) in [5.74, 6) is -0.992.